The molecule has 0 aliphatic rings. The van der Waals surface area contributed by atoms with Crippen molar-refractivity contribution in [3.8, 4) is 0 Å². The Morgan fingerprint density at radius 3 is 2.47 bits per heavy atom. The van der Waals surface area contributed by atoms with Gasteiger partial charge in [-0.2, -0.15) is 0 Å². The number of hydrogen-bond donors (Lipinski definition) is 2. The molecule has 0 amide bonds. The Bertz CT molecular complexity index is 1240. The normalized spacial score (nSPS) is 10.7. The molecule has 5 nitrogen and oxygen atoms in total. The molecule has 150 valence electrons. The fourth-order valence-corrected chi connectivity index (χ4v) is 3.57. The number of hydrogen-bond acceptors (Lipinski definition) is 3. The van der Waals surface area contributed by atoms with Gasteiger partial charge in [0.1, 0.15) is 5.82 Å². The van der Waals surface area contributed by atoms with E-state index in [4.69, 9.17) is 23.8 Å². The van der Waals surface area contributed by atoms with Crippen LogP contribution in [0.2, 0.25) is 5.02 Å². The van der Waals surface area contributed by atoms with Crippen molar-refractivity contribution in [2.75, 3.05) is 5.32 Å². The van der Waals surface area contributed by atoms with E-state index in [-0.39, 0.29) is 5.56 Å². The highest BCUT2D eigenvalue weighted by molar-refractivity contribution is 7.80. The lowest BCUT2D eigenvalue weighted by atomic mass is 10.2. The van der Waals surface area contributed by atoms with Gasteiger partial charge in [-0.1, -0.05) is 66.2 Å². The van der Waals surface area contributed by atoms with Crippen molar-refractivity contribution in [1.29, 1.82) is 0 Å². The van der Waals surface area contributed by atoms with Crippen LogP contribution < -0.4 is 10.9 Å². The van der Waals surface area contributed by atoms with Gasteiger partial charge in [-0.3, -0.25) is 4.79 Å². The lowest BCUT2D eigenvalue weighted by Gasteiger charge is -2.26. The second kappa shape index (κ2) is 9.07. The highest BCUT2D eigenvalue weighted by Crippen LogP contribution is 2.21. The van der Waals surface area contributed by atoms with Gasteiger partial charge in [0.15, 0.2) is 5.11 Å². The monoisotopic (exact) mass is 434 g/mol. The maximum absolute atomic E-state index is 12.5. The van der Waals surface area contributed by atoms with E-state index in [1.54, 1.807) is 12.1 Å². The Labute approximate surface area is 184 Å². The first-order valence-corrected chi connectivity index (χ1v) is 10.2. The summed E-state index contributed by atoms with van der Waals surface area (Å²) in [5.74, 6) is 0.540. The quantitative estimate of drug-likeness (QED) is 0.434. The highest BCUT2D eigenvalue weighted by atomic mass is 35.5. The topological polar surface area (TPSA) is 61.0 Å². The summed E-state index contributed by atoms with van der Waals surface area (Å²) in [5, 5.41) is 4.84. The number of benzene rings is 3. The number of para-hydroxylation sites is 2. The molecular formula is C23H19ClN4OS. The van der Waals surface area contributed by atoms with Gasteiger partial charge in [-0.25, -0.2) is 4.98 Å². The van der Waals surface area contributed by atoms with Crippen LogP contribution in [-0.4, -0.2) is 20.0 Å². The van der Waals surface area contributed by atoms with Gasteiger partial charge in [0, 0.05) is 6.54 Å². The first-order valence-electron chi connectivity index (χ1n) is 9.42. The molecule has 0 saturated carbocycles. The number of aromatic nitrogens is 2. The number of halogens is 1. The number of thiocarbonyl (C=S) groups is 1. The number of fused-ring (bicyclic) bond motifs is 1. The van der Waals surface area contributed by atoms with Gasteiger partial charge >= 0.3 is 0 Å². The van der Waals surface area contributed by atoms with E-state index < -0.39 is 0 Å². The van der Waals surface area contributed by atoms with Crippen LogP contribution in [0.25, 0.3) is 10.9 Å². The van der Waals surface area contributed by atoms with Crippen molar-refractivity contribution < 1.29 is 0 Å². The van der Waals surface area contributed by atoms with Gasteiger partial charge in [0.25, 0.3) is 5.56 Å². The molecule has 3 aromatic carbocycles. The fraction of sp³-hybridized carbons (Fsp3) is 0.0870. The third-order valence-electron chi connectivity index (χ3n) is 4.62. The zero-order chi connectivity index (χ0) is 20.9. The predicted octanol–water partition coefficient (Wildman–Crippen LogP) is 4.98. The van der Waals surface area contributed by atoms with Crippen LogP contribution in [0, 0.1) is 0 Å². The second-order valence-electron chi connectivity index (χ2n) is 6.78. The molecule has 0 saturated heterocycles. The summed E-state index contributed by atoms with van der Waals surface area (Å²) in [5.41, 5.74) is 2.30. The Kier molecular flexibility index (Phi) is 6.07. The van der Waals surface area contributed by atoms with Gasteiger partial charge < -0.3 is 15.2 Å². The van der Waals surface area contributed by atoms with Gasteiger partial charge in [-0.05, 0) is 42.0 Å². The zero-order valence-electron chi connectivity index (χ0n) is 16.0. The van der Waals surface area contributed by atoms with Gasteiger partial charge in [0.05, 0.1) is 28.2 Å². The molecule has 0 bridgehead atoms. The molecule has 0 atom stereocenters. The van der Waals surface area contributed by atoms with E-state index in [0.29, 0.717) is 40.0 Å². The maximum atomic E-state index is 12.5. The minimum atomic E-state index is -0.166. The number of anilines is 1. The Hall–Kier alpha value is -3.22. The molecule has 0 aliphatic heterocycles. The fourth-order valence-electron chi connectivity index (χ4n) is 3.15. The molecule has 4 rings (SSSR count). The lowest BCUT2D eigenvalue weighted by molar-refractivity contribution is 0.401. The van der Waals surface area contributed by atoms with Crippen molar-refractivity contribution in [3.63, 3.8) is 0 Å². The average molecular weight is 435 g/mol. The lowest BCUT2D eigenvalue weighted by Crippen LogP contribution is -2.35. The van der Waals surface area contributed by atoms with E-state index >= 15 is 0 Å². The molecule has 1 heterocycles. The average Bonchev–Trinajstić information content (AvgIpc) is 2.76. The number of H-pyrrole nitrogens is 1. The SMILES string of the molecule is O=c1[nH]c(CN(Cc2ccccc2)C(=S)Nc2ccccc2Cl)nc2ccccc12. The third-order valence-corrected chi connectivity index (χ3v) is 5.31. The smallest absolute Gasteiger partial charge is 0.258 e. The predicted molar refractivity (Wildman–Crippen MR) is 126 cm³/mol. The number of rotatable bonds is 5. The van der Waals surface area contributed by atoms with Gasteiger partial charge in [0.2, 0.25) is 0 Å². The number of nitrogens with zero attached hydrogens (tertiary/aromatic N) is 2. The summed E-state index contributed by atoms with van der Waals surface area (Å²) in [6, 6.07) is 24.7. The first-order chi connectivity index (χ1) is 14.6. The number of aromatic amines is 1. The molecule has 30 heavy (non-hydrogen) atoms. The summed E-state index contributed by atoms with van der Waals surface area (Å²) in [7, 11) is 0. The van der Waals surface area contributed by atoms with Crippen molar-refractivity contribution in [2.24, 2.45) is 0 Å². The van der Waals surface area contributed by atoms with Crippen LogP contribution in [0.15, 0.2) is 83.7 Å². The molecule has 0 fully saturated rings. The van der Waals surface area contributed by atoms with Crippen molar-refractivity contribution in [2.45, 2.75) is 13.1 Å². The van der Waals surface area contributed by atoms with E-state index in [2.05, 4.69) is 15.3 Å². The van der Waals surface area contributed by atoms with Crippen molar-refractivity contribution in [3.05, 3.63) is 106 Å². The first kappa shape index (κ1) is 20.1. The molecule has 4 aromatic rings. The van der Waals surface area contributed by atoms with E-state index in [9.17, 15) is 4.79 Å². The zero-order valence-corrected chi connectivity index (χ0v) is 17.6. The van der Waals surface area contributed by atoms with Crippen molar-refractivity contribution >= 4 is 45.5 Å². The second-order valence-corrected chi connectivity index (χ2v) is 7.58. The molecule has 0 aliphatic carbocycles. The standard InChI is InChI=1S/C23H19ClN4OS/c24-18-11-5-7-13-20(18)26-23(30)28(14-16-8-2-1-3-9-16)15-21-25-19-12-6-4-10-17(19)22(29)27-21/h1-13H,14-15H2,(H,26,30)(H,25,27,29). The molecular weight excluding hydrogens is 416 g/mol. The molecule has 0 radical (unpaired) electrons. The van der Waals surface area contributed by atoms with Crippen LogP contribution in [0.4, 0.5) is 5.69 Å². The van der Waals surface area contributed by atoms with E-state index in [1.807, 2.05) is 71.6 Å². The Morgan fingerprint density at radius 2 is 1.67 bits per heavy atom. The van der Waals surface area contributed by atoms with E-state index in [0.717, 1.165) is 11.3 Å². The summed E-state index contributed by atoms with van der Waals surface area (Å²) in [4.78, 5) is 21.9. The van der Waals surface area contributed by atoms with Crippen LogP contribution >= 0.6 is 23.8 Å². The number of nitrogens with one attached hydrogen (secondary N) is 2. The van der Waals surface area contributed by atoms with Crippen LogP contribution in [0.3, 0.4) is 0 Å². The molecule has 0 unspecified atom stereocenters. The minimum Gasteiger partial charge on any atom is -0.337 e. The summed E-state index contributed by atoms with van der Waals surface area (Å²) >= 11 is 12.0. The third kappa shape index (κ3) is 4.67. The molecule has 1 aromatic heterocycles. The molecule has 0 spiro atoms. The Balaban J connectivity index is 1.64. The Morgan fingerprint density at radius 1 is 0.967 bits per heavy atom. The molecule has 7 heteroatoms. The van der Waals surface area contributed by atoms with Crippen molar-refractivity contribution in [1.82, 2.24) is 14.9 Å². The van der Waals surface area contributed by atoms with Crippen LogP contribution in [0.5, 0.6) is 0 Å². The van der Waals surface area contributed by atoms with E-state index in [1.165, 1.54) is 0 Å². The molecule has 2 N–H and O–H groups in total. The summed E-state index contributed by atoms with van der Waals surface area (Å²) in [6.45, 7) is 0.888. The van der Waals surface area contributed by atoms with Crippen LogP contribution in [0.1, 0.15) is 11.4 Å². The van der Waals surface area contributed by atoms with Crippen LogP contribution in [-0.2, 0) is 13.1 Å². The largest absolute Gasteiger partial charge is 0.337 e. The minimum absolute atomic E-state index is 0.166. The summed E-state index contributed by atoms with van der Waals surface area (Å²) in [6.07, 6.45) is 0. The highest BCUT2D eigenvalue weighted by Gasteiger charge is 2.15. The maximum Gasteiger partial charge on any atom is 0.258 e. The summed E-state index contributed by atoms with van der Waals surface area (Å²) < 4.78 is 0. The van der Waals surface area contributed by atoms with Gasteiger partial charge in [-0.15, -0.1) is 0 Å².